The quantitative estimate of drug-likeness (QED) is 0.804. The maximum absolute atomic E-state index is 12.7. The molecule has 0 N–H and O–H groups in total. The van der Waals surface area contributed by atoms with E-state index in [1.54, 1.807) is 6.07 Å². The number of likely N-dealkylation sites (tertiary alicyclic amines) is 1. The van der Waals surface area contributed by atoms with Crippen LogP contribution in [0.15, 0.2) is 24.3 Å². The highest BCUT2D eigenvalue weighted by atomic mass is 19.4. The minimum Gasteiger partial charge on any atom is -0.469 e. The minimum atomic E-state index is -4.33. The lowest BCUT2D eigenvalue weighted by Crippen LogP contribution is -2.38. The smallest absolute Gasteiger partial charge is 0.416 e. The van der Waals surface area contributed by atoms with Gasteiger partial charge < -0.3 is 4.74 Å². The van der Waals surface area contributed by atoms with E-state index >= 15 is 0 Å². The molecular formula is C15H18F3NO2. The zero-order valence-corrected chi connectivity index (χ0v) is 11.8. The van der Waals surface area contributed by atoms with Gasteiger partial charge in [-0.25, -0.2) is 0 Å². The Morgan fingerprint density at radius 1 is 1.43 bits per heavy atom. The van der Waals surface area contributed by atoms with E-state index in [0.717, 1.165) is 25.5 Å². The third-order valence-electron chi connectivity index (χ3n) is 3.70. The van der Waals surface area contributed by atoms with E-state index in [1.165, 1.54) is 19.2 Å². The van der Waals surface area contributed by atoms with Crippen LogP contribution in [-0.4, -0.2) is 31.1 Å². The highest BCUT2D eigenvalue weighted by Crippen LogP contribution is 2.30. The van der Waals surface area contributed by atoms with E-state index in [4.69, 9.17) is 4.74 Å². The fourth-order valence-electron chi connectivity index (χ4n) is 2.66. The second kappa shape index (κ2) is 6.47. The van der Waals surface area contributed by atoms with Gasteiger partial charge >= 0.3 is 12.1 Å². The molecule has 1 aliphatic heterocycles. The lowest BCUT2D eigenvalue weighted by Gasteiger charge is -2.31. The first kappa shape index (κ1) is 15.8. The predicted octanol–water partition coefficient (Wildman–Crippen LogP) is 3.09. The molecule has 1 saturated heterocycles. The Labute approximate surface area is 121 Å². The fraction of sp³-hybridized carbons (Fsp3) is 0.533. The van der Waals surface area contributed by atoms with Crippen LogP contribution < -0.4 is 0 Å². The van der Waals surface area contributed by atoms with Crippen molar-refractivity contribution in [1.82, 2.24) is 4.90 Å². The van der Waals surface area contributed by atoms with Crippen molar-refractivity contribution in [2.75, 3.05) is 20.2 Å². The van der Waals surface area contributed by atoms with Crippen molar-refractivity contribution in [2.24, 2.45) is 5.92 Å². The van der Waals surface area contributed by atoms with E-state index < -0.39 is 11.7 Å². The molecule has 0 aromatic heterocycles. The third-order valence-corrected chi connectivity index (χ3v) is 3.70. The van der Waals surface area contributed by atoms with Crippen LogP contribution in [0.1, 0.15) is 24.0 Å². The number of piperidine rings is 1. The zero-order chi connectivity index (χ0) is 15.5. The van der Waals surface area contributed by atoms with Crippen molar-refractivity contribution in [3.8, 4) is 0 Å². The van der Waals surface area contributed by atoms with Crippen molar-refractivity contribution < 1.29 is 22.7 Å². The molecule has 0 amide bonds. The number of ether oxygens (including phenoxy) is 1. The second-order valence-electron chi connectivity index (χ2n) is 5.30. The van der Waals surface area contributed by atoms with Crippen molar-refractivity contribution in [2.45, 2.75) is 25.6 Å². The Balaban J connectivity index is 2.03. The van der Waals surface area contributed by atoms with Gasteiger partial charge in [-0.15, -0.1) is 0 Å². The predicted molar refractivity (Wildman–Crippen MR) is 71.5 cm³/mol. The van der Waals surface area contributed by atoms with Crippen LogP contribution in [0, 0.1) is 5.92 Å². The number of esters is 1. The lowest BCUT2D eigenvalue weighted by atomic mass is 9.97. The number of alkyl halides is 3. The van der Waals surface area contributed by atoms with Crippen LogP contribution in [0.5, 0.6) is 0 Å². The number of hydrogen-bond donors (Lipinski definition) is 0. The number of methoxy groups -OCH3 is 1. The molecular weight excluding hydrogens is 283 g/mol. The molecule has 1 aliphatic rings. The number of nitrogens with zero attached hydrogens (tertiary/aromatic N) is 1. The molecule has 6 heteroatoms. The Bertz CT molecular complexity index is 502. The molecule has 0 spiro atoms. The molecule has 0 unspecified atom stereocenters. The number of rotatable bonds is 3. The van der Waals surface area contributed by atoms with Gasteiger partial charge in [0.25, 0.3) is 0 Å². The largest absolute Gasteiger partial charge is 0.469 e. The number of benzene rings is 1. The molecule has 2 rings (SSSR count). The SMILES string of the molecule is COC(=O)[C@H]1CCCN(Cc2cccc(C(F)(F)F)c2)C1. The highest BCUT2D eigenvalue weighted by molar-refractivity contribution is 5.72. The molecule has 1 fully saturated rings. The number of hydrogen-bond acceptors (Lipinski definition) is 3. The third kappa shape index (κ3) is 4.20. The molecule has 1 heterocycles. The van der Waals surface area contributed by atoms with E-state index in [9.17, 15) is 18.0 Å². The van der Waals surface area contributed by atoms with Crippen molar-refractivity contribution in [3.05, 3.63) is 35.4 Å². The minimum absolute atomic E-state index is 0.186. The summed E-state index contributed by atoms with van der Waals surface area (Å²) >= 11 is 0. The average Bonchev–Trinajstić information content (AvgIpc) is 2.46. The van der Waals surface area contributed by atoms with Crippen LogP contribution in [0.25, 0.3) is 0 Å². The molecule has 1 atom stereocenters. The number of halogens is 3. The Morgan fingerprint density at radius 3 is 2.86 bits per heavy atom. The van der Waals surface area contributed by atoms with Crippen LogP contribution in [-0.2, 0) is 22.3 Å². The summed E-state index contributed by atoms with van der Waals surface area (Å²) in [4.78, 5) is 13.6. The summed E-state index contributed by atoms with van der Waals surface area (Å²) in [5, 5.41) is 0. The lowest BCUT2D eigenvalue weighted by molar-refractivity contribution is -0.147. The van der Waals surface area contributed by atoms with Gasteiger partial charge in [-0.2, -0.15) is 13.2 Å². The highest BCUT2D eigenvalue weighted by Gasteiger charge is 2.31. The van der Waals surface area contributed by atoms with E-state index in [0.29, 0.717) is 18.7 Å². The summed E-state index contributed by atoms with van der Waals surface area (Å²) in [5.41, 5.74) is -0.0307. The molecule has 0 saturated carbocycles. The van der Waals surface area contributed by atoms with Gasteiger partial charge in [-0.05, 0) is 31.0 Å². The molecule has 0 aliphatic carbocycles. The van der Waals surface area contributed by atoms with Gasteiger partial charge in [0.2, 0.25) is 0 Å². The maximum Gasteiger partial charge on any atom is 0.416 e. The van der Waals surface area contributed by atoms with Gasteiger partial charge in [-0.1, -0.05) is 18.2 Å². The van der Waals surface area contributed by atoms with Gasteiger partial charge in [0.05, 0.1) is 18.6 Å². The Kier molecular flexibility index (Phi) is 4.88. The zero-order valence-electron chi connectivity index (χ0n) is 11.8. The van der Waals surface area contributed by atoms with Crippen LogP contribution >= 0.6 is 0 Å². The van der Waals surface area contributed by atoms with Gasteiger partial charge in [0.1, 0.15) is 0 Å². The molecule has 3 nitrogen and oxygen atoms in total. The monoisotopic (exact) mass is 301 g/mol. The summed E-state index contributed by atoms with van der Waals surface area (Å²) in [7, 11) is 1.36. The molecule has 1 aromatic carbocycles. The molecule has 116 valence electrons. The van der Waals surface area contributed by atoms with Crippen molar-refractivity contribution in [3.63, 3.8) is 0 Å². The van der Waals surface area contributed by atoms with Gasteiger partial charge in [0.15, 0.2) is 0 Å². The molecule has 0 radical (unpaired) electrons. The summed E-state index contributed by atoms with van der Waals surface area (Å²) in [6, 6.07) is 5.33. The van der Waals surface area contributed by atoms with Gasteiger partial charge in [0, 0.05) is 13.1 Å². The molecule has 1 aromatic rings. The van der Waals surface area contributed by atoms with E-state index in [2.05, 4.69) is 0 Å². The topological polar surface area (TPSA) is 29.5 Å². The van der Waals surface area contributed by atoms with Crippen LogP contribution in [0.3, 0.4) is 0 Å². The van der Waals surface area contributed by atoms with Crippen molar-refractivity contribution in [1.29, 1.82) is 0 Å². The normalized spacial score (nSPS) is 20.3. The second-order valence-corrected chi connectivity index (χ2v) is 5.30. The number of carbonyl (C=O) groups is 1. The van der Waals surface area contributed by atoms with Gasteiger partial charge in [-0.3, -0.25) is 9.69 Å². The van der Waals surface area contributed by atoms with E-state index in [-0.39, 0.29) is 11.9 Å². The molecule has 0 bridgehead atoms. The maximum atomic E-state index is 12.7. The summed E-state index contributed by atoms with van der Waals surface area (Å²) in [6.45, 7) is 1.73. The summed E-state index contributed by atoms with van der Waals surface area (Å²) < 4.78 is 42.8. The summed E-state index contributed by atoms with van der Waals surface area (Å²) in [5.74, 6) is -0.432. The Hall–Kier alpha value is -1.56. The van der Waals surface area contributed by atoms with Crippen LogP contribution in [0.4, 0.5) is 13.2 Å². The molecule has 21 heavy (non-hydrogen) atoms. The number of carbonyl (C=O) groups excluding carboxylic acids is 1. The fourth-order valence-corrected chi connectivity index (χ4v) is 2.66. The van der Waals surface area contributed by atoms with E-state index in [1.807, 2.05) is 4.90 Å². The first-order chi connectivity index (χ1) is 9.90. The first-order valence-corrected chi connectivity index (χ1v) is 6.86. The van der Waals surface area contributed by atoms with Crippen molar-refractivity contribution >= 4 is 5.97 Å². The Morgan fingerprint density at radius 2 is 2.19 bits per heavy atom. The van der Waals surface area contributed by atoms with Crippen LogP contribution in [0.2, 0.25) is 0 Å². The summed E-state index contributed by atoms with van der Waals surface area (Å²) in [6.07, 6.45) is -2.71. The first-order valence-electron chi connectivity index (χ1n) is 6.86. The standard InChI is InChI=1S/C15H18F3NO2/c1-21-14(20)12-5-3-7-19(10-12)9-11-4-2-6-13(8-11)15(16,17)18/h2,4,6,8,12H,3,5,7,9-10H2,1H3/t12-/m0/s1. The average molecular weight is 301 g/mol.